The van der Waals surface area contributed by atoms with E-state index in [0.29, 0.717) is 17.3 Å². The monoisotopic (exact) mass is 307 g/mol. The highest BCUT2D eigenvalue weighted by atomic mass is 16.5. The number of oxazole rings is 1. The predicted molar refractivity (Wildman–Crippen MR) is 83.0 cm³/mol. The predicted octanol–water partition coefficient (Wildman–Crippen LogP) is 3.29. The molecule has 6 nitrogen and oxygen atoms in total. The molecule has 0 fully saturated rings. The van der Waals surface area contributed by atoms with Crippen LogP contribution >= 0.6 is 0 Å². The first-order valence-corrected chi connectivity index (χ1v) is 6.81. The first-order chi connectivity index (χ1) is 11.2. The Morgan fingerprint density at radius 1 is 1.00 bits per heavy atom. The summed E-state index contributed by atoms with van der Waals surface area (Å²) in [5.41, 5.74) is 2.09. The second-order valence-electron chi connectivity index (χ2n) is 4.63. The fraction of sp³-hybridized carbons (Fsp3) is 0.118. The van der Waals surface area contributed by atoms with E-state index < -0.39 is 0 Å². The number of methoxy groups -OCH3 is 2. The van der Waals surface area contributed by atoms with Gasteiger partial charge in [0.1, 0.15) is 11.4 Å². The van der Waals surface area contributed by atoms with Crippen LogP contribution in [0.1, 0.15) is 5.89 Å². The van der Waals surface area contributed by atoms with Crippen molar-refractivity contribution in [2.75, 3.05) is 14.2 Å². The SMILES string of the molecule is COc1ccc(-c2oc(C#N)nc2-c2ccc(OC)nc2)cc1. The molecule has 114 valence electrons. The molecule has 0 saturated heterocycles. The van der Waals surface area contributed by atoms with E-state index in [1.165, 1.54) is 0 Å². The van der Waals surface area contributed by atoms with Crippen molar-refractivity contribution >= 4 is 0 Å². The summed E-state index contributed by atoms with van der Waals surface area (Å²) >= 11 is 0. The molecule has 0 bridgehead atoms. The number of aromatic nitrogens is 2. The summed E-state index contributed by atoms with van der Waals surface area (Å²) in [5.74, 6) is 1.75. The minimum absolute atomic E-state index is 0.00151. The second-order valence-corrected chi connectivity index (χ2v) is 4.63. The third-order valence-electron chi connectivity index (χ3n) is 3.29. The smallest absolute Gasteiger partial charge is 0.301 e. The van der Waals surface area contributed by atoms with Crippen LogP contribution in [0, 0.1) is 11.3 Å². The summed E-state index contributed by atoms with van der Waals surface area (Å²) in [5, 5.41) is 9.07. The maximum Gasteiger partial charge on any atom is 0.301 e. The molecule has 0 amide bonds. The molecule has 0 N–H and O–H groups in total. The minimum Gasteiger partial charge on any atom is -0.497 e. The van der Waals surface area contributed by atoms with E-state index in [-0.39, 0.29) is 5.89 Å². The number of ether oxygens (including phenoxy) is 2. The topological polar surface area (TPSA) is 81.2 Å². The molecule has 0 spiro atoms. The van der Waals surface area contributed by atoms with Gasteiger partial charge < -0.3 is 13.9 Å². The van der Waals surface area contributed by atoms with Crippen LogP contribution in [0.25, 0.3) is 22.6 Å². The average Bonchev–Trinajstić information content (AvgIpc) is 3.06. The van der Waals surface area contributed by atoms with Crippen molar-refractivity contribution in [1.82, 2.24) is 9.97 Å². The Labute approximate surface area is 132 Å². The lowest BCUT2D eigenvalue weighted by molar-refractivity contribution is 0.398. The number of hydrogen-bond acceptors (Lipinski definition) is 6. The maximum atomic E-state index is 9.07. The molecule has 2 heterocycles. The van der Waals surface area contributed by atoms with Crippen LogP contribution < -0.4 is 9.47 Å². The summed E-state index contributed by atoms with van der Waals surface area (Å²) < 4.78 is 15.8. The Hall–Kier alpha value is -3.33. The zero-order valence-electron chi connectivity index (χ0n) is 12.6. The molecule has 2 aromatic heterocycles. The molecule has 6 heteroatoms. The molecule has 0 aliphatic heterocycles. The van der Waals surface area contributed by atoms with Crippen LogP contribution in [0.5, 0.6) is 11.6 Å². The fourth-order valence-corrected chi connectivity index (χ4v) is 2.14. The molecular formula is C17H13N3O3. The normalized spacial score (nSPS) is 10.1. The number of nitriles is 1. The molecule has 3 rings (SSSR count). The van der Waals surface area contributed by atoms with Gasteiger partial charge in [0.05, 0.1) is 14.2 Å². The van der Waals surface area contributed by atoms with Crippen molar-refractivity contribution in [3.8, 4) is 40.3 Å². The van der Waals surface area contributed by atoms with E-state index in [1.807, 2.05) is 36.4 Å². The Morgan fingerprint density at radius 2 is 1.74 bits per heavy atom. The minimum atomic E-state index is 0.00151. The summed E-state index contributed by atoms with van der Waals surface area (Å²) in [4.78, 5) is 8.40. The standard InChI is InChI=1S/C17H13N3O3/c1-21-13-6-3-11(4-7-13)17-16(20-15(9-18)23-17)12-5-8-14(22-2)19-10-12/h3-8,10H,1-2H3. The van der Waals surface area contributed by atoms with E-state index in [4.69, 9.17) is 19.2 Å². The average molecular weight is 307 g/mol. The van der Waals surface area contributed by atoms with Crippen LogP contribution in [0.2, 0.25) is 0 Å². The zero-order chi connectivity index (χ0) is 16.2. The Kier molecular flexibility index (Phi) is 3.93. The van der Waals surface area contributed by atoms with Gasteiger partial charge in [-0.05, 0) is 30.3 Å². The highest BCUT2D eigenvalue weighted by Crippen LogP contribution is 2.33. The van der Waals surface area contributed by atoms with Crippen molar-refractivity contribution in [3.63, 3.8) is 0 Å². The van der Waals surface area contributed by atoms with E-state index in [2.05, 4.69) is 9.97 Å². The van der Waals surface area contributed by atoms with Crippen LogP contribution in [-0.4, -0.2) is 24.2 Å². The van der Waals surface area contributed by atoms with Crippen LogP contribution in [0.3, 0.4) is 0 Å². The molecular weight excluding hydrogens is 294 g/mol. The van der Waals surface area contributed by atoms with Crippen molar-refractivity contribution in [1.29, 1.82) is 5.26 Å². The molecule has 1 aromatic carbocycles. The molecule has 0 radical (unpaired) electrons. The molecule has 0 aliphatic rings. The molecule has 23 heavy (non-hydrogen) atoms. The van der Waals surface area contributed by atoms with Gasteiger partial charge in [-0.25, -0.2) is 4.98 Å². The van der Waals surface area contributed by atoms with Crippen molar-refractivity contribution in [2.45, 2.75) is 0 Å². The van der Waals surface area contributed by atoms with Gasteiger partial charge in [0, 0.05) is 23.4 Å². The molecule has 0 atom stereocenters. The van der Waals surface area contributed by atoms with Gasteiger partial charge in [0.2, 0.25) is 5.88 Å². The summed E-state index contributed by atoms with van der Waals surface area (Å²) in [6, 6.07) is 12.8. The van der Waals surface area contributed by atoms with Crippen molar-refractivity contribution < 1.29 is 13.9 Å². The van der Waals surface area contributed by atoms with Crippen LogP contribution in [0.4, 0.5) is 0 Å². The largest absolute Gasteiger partial charge is 0.497 e. The summed E-state index contributed by atoms with van der Waals surface area (Å²) in [6.07, 6.45) is 1.63. The molecule has 0 unspecified atom stereocenters. The van der Waals surface area contributed by atoms with Gasteiger partial charge in [0.15, 0.2) is 11.8 Å². The highest BCUT2D eigenvalue weighted by molar-refractivity contribution is 5.77. The lowest BCUT2D eigenvalue weighted by Crippen LogP contribution is -1.89. The van der Waals surface area contributed by atoms with Gasteiger partial charge in [-0.2, -0.15) is 10.2 Å². The van der Waals surface area contributed by atoms with Crippen LogP contribution in [0.15, 0.2) is 47.0 Å². The Bertz CT molecular complexity index is 781. The van der Waals surface area contributed by atoms with E-state index in [9.17, 15) is 0 Å². The fourth-order valence-electron chi connectivity index (χ4n) is 2.14. The number of nitrogens with zero attached hydrogens (tertiary/aromatic N) is 3. The Morgan fingerprint density at radius 3 is 2.30 bits per heavy atom. The third kappa shape index (κ3) is 2.85. The number of hydrogen-bond donors (Lipinski definition) is 0. The van der Waals surface area contributed by atoms with E-state index in [1.54, 1.807) is 26.5 Å². The summed E-state index contributed by atoms with van der Waals surface area (Å²) in [7, 11) is 3.15. The van der Waals surface area contributed by atoms with Crippen molar-refractivity contribution in [3.05, 3.63) is 48.5 Å². The number of rotatable bonds is 4. The molecule has 0 aliphatic carbocycles. The van der Waals surface area contributed by atoms with Gasteiger partial charge in [-0.3, -0.25) is 0 Å². The Balaban J connectivity index is 2.08. The number of benzene rings is 1. The second kappa shape index (κ2) is 6.20. The van der Waals surface area contributed by atoms with Gasteiger partial charge in [-0.15, -0.1) is 0 Å². The lowest BCUT2D eigenvalue weighted by Gasteiger charge is -2.04. The molecule has 3 aromatic rings. The van der Waals surface area contributed by atoms with E-state index >= 15 is 0 Å². The van der Waals surface area contributed by atoms with Gasteiger partial charge in [0.25, 0.3) is 0 Å². The van der Waals surface area contributed by atoms with Crippen LogP contribution in [-0.2, 0) is 0 Å². The zero-order valence-corrected chi connectivity index (χ0v) is 12.6. The van der Waals surface area contributed by atoms with Gasteiger partial charge in [-0.1, -0.05) is 0 Å². The highest BCUT2D eigenvalue weighted by Gasteiger charge is 2.17. The third-order valence-corrected chi connectivity index (χ3v) is 3.29. The number of pyridine rings is 1. The first kappa shape index (κ1) is 14.6. The summed E-state index contributed by atoms with van der Waals surface area (Å²) in [6.45, 7) is 0. The van der Waals surface area contributed by atoms with Gasteiger partial charge >= 0.3 is 5.89 Å². The maximum absolute atomic E-state index is 9.07. The van der Waals surface area contributed by atoms with Crippen molar-refractivity contribution in [2.24, 2.45) is 0 Å². The lowest BCUT2D eigenvalue weighted by atomic mass is 10.1. The quantitative estimate of drug-likeness (QED) is 0.735. The van der Waals surface area contributed by atoms with E-state index in [0.717, 1.165) is 16.9 Å². The molecule has 0 saturated carbocycles. The first-order valence-electron chi connectivity index (χ1n) is 6.81.